The third-order valence-electron chi connectivity index (χ3n) is 6.98. The lowest BCUT2D eigenvalue weighted by molar-refractivity contribution is 0.415. The molecule has 0 atom stereocenters. The number of ether oxygens (including phenoxy) is 1. The van der Waals surface area contributed by atoms with Crippen molar-refractivity contribution in [2.75, 3.05) is 12.8 Å². The van der Waals surface area contributed by atoms with E-state index in [0.717, 1.165) is 72.4 Å². The number of aryl methyl sites for hydroxylation is 1. The first-order valence-electron chi connectivity index (χ1n) is 11.9. The van der Waals surface area contributed by atoms with E-state index in [1.807, 2.05) is 40.8 Å². The second-order valence-electron chi connectivity index (χ2n) is 9.04. The minimum absolute atomic E-state index is 0.261. The Hall–Kier alpha value is -4.33. The van der Waals surface area contributed by atoms with Gasteiger partial charge in [0.15, 0.2) is 0 Å². The van der Waals surface area contributed by atoms with Gasteiger partial charge in [0.05, 0.1) is 23.8 Å². The standard InChI is InChI=1S/C29H28N6O/c1-16-7-12-24-23(13-16)34-29-21(15-31)25(20(14-30)28(32)35(24)29)26-19-5-3-4-6-22(19)33-27(26)17-8-10-18(36-2)11-9-17/h3-13,33H,14-15,30-32H2,1-2H3. The molecule has 0 fully saturated rings. The number of H-pyrrole nitrogens is 1. The van der Waals surface area contributed by atoms with E-state index in [4.69, 9.17) is 26.9 Å². The summed E-state index contributed by atoms with van der Waals surface area (Å²) < 4.78 is 7.37. The molecule has 0 aliphatic carbocycles. The Labute approximate surface area is 208 Å². The molecule has 180 valence electrons. The van der Waals surface area contributed by atoms with Gasteiger partial charge in [-0.05, 0) is 60.5 Å². The molecule has 0 spiro atoms. The van der Waals surface area contributed by atoms with Gasteiger partial charge in [-0.15, -0.1) is 0 Å². The SMILES string of the molecule is COc1ccc(-c2[nH]c3ccccc3c2-c2c(CN)c(N)n3c(nc4cc(C)ccc43)c2CN)cc1. The van der Waals surface area contributed by atoms with Crippen LogP contribution in [0.15, 0.2) is 66.7 Å². The predicted octanol–water partition coefficient (Wildman–Crippen LogP) is 5.12. The Morgan fingerprint density at radius 1 is 0.917 bits per heavy atom. The molecule has 6 rings (SSSR count). The van der Waals surface area contributed by atoms with Crippen molar-refractivity contribution in [2.45, 2.75) is 20.0 Å². The number of hydrogen-bond donors (Lipinski definition) is 4. The van der Waals surface area contributed by atoms with Crippen molar-refractivity contribution in [1.82, 2.24) is 14.4 Å². The van der Waals surface area contributed by atoms with Crippen molar-refractivity contribution >= 4 is 33.4 Å². The zero-order valence-corrected chi connectivity index (χ0v) is 20.3. The van der Waals surface area contributed by atoms with Gasteiger partial charge >= 0.3 is 0 Å². The number of benzene rings is 3. The highest BCUT2D eigenvalue weighted by atomic mass is 16.5. The maximum atomic E-state index is 6.85. The number of nitrogens with zero attached hydrogens (tertiary/aromatic N) is 2. The van der Waals surface area contributed by atoms with E-state index >= 15 is 0 Å². The summed E-state index contributed by atoms with van der Waals surface area (Å²) in [4.78, 5) is 8.62. The van der Waals surface area contributed by atoms with Crippen LogP contribution >= 0.6 is 0 Å². The van der Waals surface area contributed by atoms with Crippen LogP contribution in [0.1, 0.15) is 16.7 Å². The molecule has 0 aliphatic heterocycles. The summed E-state index contributed by atoms with van der Waals surface area (Å²) >= 11 is 0. The van der Waals surface area contributed by atoms with Gasteiger partial charge < -0.3 is 26.9 Å². The van der Waals surface area contributed by atoms with E-state index in [-0.39, 0.29) is 13.1 Å². The van der Waals surface area contributed by atoms with Gasteiger partial charge in [0.25, 0.3) is 0 Å². The number of nitrogens with one attached hydrogen (secondary N) is 1. The summed E-state index contributed by atoms with van der Waals surface area (Å²) in [6.07, 6.45) is 0. The quantitative estimate of drug-likeness (QED) is 0.275. The molecule has 0 saturated carbocycles. The number of para-hydroxylation sites is 1. The first-order valence-corrected chi connectivity index (χ1v) is 11.9. The summed E-state index contributed by atoms with van der Waals surface area (Å²) in [5.41, 5.74) is 30.2. The zero-order valence-electron chi connectivity index (χ0n) is 20.3. The van der Waals surface area contributed by atoms with Crippen molar-refractivity contribution in [1.29, 1.82) is 0 Å². The minimum Gasteiger partial charge on any atom is -0.497 e. The molecule has 0 amide bonds. The fourth-order valence-electron chi connectivity index (χ4n) is 5.27. The Bertz CT molecular complexity index is 1760. The smallest absolute Gasteiger partial charge is 0.144 e. The predicted molar refractivity (Wildman–Crippen MR) is 147 cm³/mol. The number of methoxy groups -OCH3 is 1. The molecule has 0 bridgehead atoms. The number of anilines is 1. The molecule has 36 heavy (non-hydrogen) atoms. The molecule has 0 unspecified atom stereocenters. The number of pyridine rings is 1. The normalized spacial score (nSPS) is 11.7. The number of imidazole rings is 1. The Kier molecular flexibility index (Phi) is 5.17. The van der Waals surface area contributed by atoms with Crippen LogP contribution in [0, 0.1) is 6.92 Å². The van der Waals surface area contributed by atoms with Crippen LogP contribution in [0.5, 0.6) is 5.75 Å². The average molecular weight is 477 g/mol. The maximum absolute atomic E-state index is 6.85. The van der Waals surface area contributed by atoms with E-state index in [9.17, 15) is 0 Å². The molecular formula is C29H28N6O. The third kappa shape index (κ3) is 3.17. The summed E-state index contributed by atoms with van der Waals surface area (Å²) in [5.74, 6) is 1.38. The molecular weight excluding hydrogens is 448 g/mol. The van der Waals surface area contributed by atoms with E-state index < -0.39 is 0 Å². The Morgan fingerprint density at radius 3 is 2.39 bits per heavy atom. The molecule has 3 aromatic heterocycles. The number of fused-ring (bicyclic) bond motifs is 4. The number of aromatic amines is 1. The molecule has 0 saturated heterocycles. The first-order chi connectivity index (χ1) is 17.5. The van der Waals surface area contributed by atoms with Crippen molar-refractivity contribution < 1.29 is 4.74 Å². The van der Waals surface area contributed by atoms with Crippen LogP contribution in [-0.2, 0) is 13.1 Å². The maximum Gasteiger partial charge on any atom is 0.144 e. The number of aromatic nitrogens is 3. The highest BCUT2D eigenvalue weighted by Crippen LogP contribution is 2.44. The van der Waals surface area contributed by atoms with Crippen LogP contribution in [0.2, 0.25) is 0 Å². The largest absolute Gasteiger partial charge is 0.497 e. The second-order valence-corrected chi connectivity index (χ2v) is 9.04. The van der Waals surface area contributed by atoms with Crippen LogP contribution in [0.4, 0.5) is 5.82 Å². The zero-order chi connectivity index (χ0) is 25.0. The number of rotatable bonds is 5. The van der Waals surface area contributed by atoms with Crippen LogP contribution in [0.25, 0.3) is 50.0 Å². The van der Waals surface area contributed by atoms with Crippen LogP contribution in [0.3, 0.4) is 0 Å². The lowest BCUT2D eigenvalue weighted by Gasteiger charge is -2.19. The van der Waals surface area contributed by atoms with E-state index in [0.29, 0.717) is 5.82 Å². The fraction of sp³-hybridized carbons (Fsp3) is 0.138. The van der Waals surface area contributed by atoms with Gasteiger partial charge in [-0.1, -0.05) is 24.3 Å². The number of hydrogen-bond acceptors (Lipinski definition) is 5. The van der Waals surface area contributed by atoms with Gasteiger partial charge in [-0.3, -0.25) is 4.40 Å². The lowest BCUT2D eigenvalue weighted by atomic mass is 9.91. The number of nitrogen functional groups attached to an aromatic ring is 1. The van der Waals surface area contributed by atoms with Gasteiger partial charge in [0, 0.05) is 46.2 Å². The fourth-order valence-corrected chi connectivity index (χ4v) is 5.27. The molecule has 3 heterocycles. The molecule has 7 nitrogen and oxygen atoms in total. The lowest BCUT2D eigenvalue weighted by Crippen LogP contribution is -2.14. The van der Waals surface area contributed by atoms with Crippen molar-refractivity contribution in [3.05, 3.63) is 83.4 Å². The van der Waals surface area contributed by atoms with Crippen LogP contribution < -0.4 is 21.9 Å². The molecule has 0 aliphatic rings. The van der Waals surface area contributed by atoms with E-state index in [1.54, 1.807) is 7.11 Å². The molecule has 6 aromatic rings. The van der Waals surface area contributed by atoms with Gasteiger partial charge in [-0.2, -0.15) is 0 Å². The van der Waals surface area contributed by atoms with Gasteiger partial charge in [-0.25, -0.2) is 4.98 Å². The summed E-state index contributed by atoms with van der Waals surface area (Å²) in [7, 11) is 1.67. The highest BCUT2D eigenvalue weighted by Gasteiger charge is 2.26. The van der Waals surface area contributed by atoms with Crippen LogP contribution in [-0.4, -0.2) is 21.5 Å². The third-order valence-corrected chi connectivity index (χ3v) is 6.98. The van der Waals surface area contributed by atoms with Gasteiger partial charge in [0.2, 0.25) is 0 Å². The Morgan fingerprint density at radius 2 is 1.67 bits per heavy atom. The van der Waals surface area contributed by atoms with Crippen molar-refractivity contribution in [3.63, 3.8) is 0 Å². The molecule has 3 aromatic carbocycles. The first kappa shape index (κ1) is 22.2. The second kappa shape index (κ2) is 8.41. The monoisotopic (exact) mass is 476 g/mol. The minimum atomic E-state index is 0.261. The van der Waals surface area contributed by atoms with Crippen molar-refractivity contribution in [3.8, 4) is 28.1 Å². The summed E-state index contributed by atoms with van der Waals surface area (Å²) in [5, 5.41) is 1.07. The molecule has 7 heteroatoms. The average Bonchev–Trinajstić information content (AvgIpc) is 3.47. The van der Waals surface area contributed by atoms with E-state index in [1.165, 1.54) is 0 Å². The number of nitrogens with two attached hydrogens (primary N) is 3. The van der Waals surface area contributed by atoms with Gasteiger partial charge in [0.1, 0.15) is 17.2 Å². The molecule has 0 radical (unpaired) electrons. The van der Waals surface area contributed by atoms with E-state index in [2.05, 4.69) is 42.2 Å². The Balaban J connectivity index is 1.77. The topological polar surface area (TPSA) is 120 Å². The van der Waals surface area contributed by atoms with Crippen molar-refractivity contribution in [2.24, 2.45) is 11.5 Å². The summed E-state index contributed by atoms with van der Waals surface area (Å²) in [6, 6.07) is 22.4. The summed E-state index contributed by atoms with van der Waals surface area (Å²) in [6.45, 7) is 2.60. The highest BCUT2D eigenvalue weighted by molar-refractivity contribution is 6.07. The molecule has 7 N–H and O–H groups in total.